The zero-order chi connectivity index (χ0) is 19.5. The molecule has 6 nitrogen and oxygen atoms in total. The molecule has 2 saturated heterocycles. The van der Waals surface area contributed by atoms with Gasteiger partial charge in [0.25, 0.3) is 5.91 Å². The number of morpholine rings is 1. The SMILES string of the molecule is CN1CCN(C(=O)c2ccc(N)cc2N2CCOCC2)C(c2ccccc2)C1. The number of likely N-dealkylation sites (N-methyl/N-ethyl adjacent to an activating group) is 1. The van der Waals surface area contributed by atoms with Gasteiger partial charge in [0.1, 0.15) is 0 Å². The van der Waals surface area contributed by atoms with Crippen LogP contribution >= 0.6 is 0 Å². The molecule has 2 N–H and O–H groups in total. The summed E-state index contributed by atoms with van der Waals surface area (Å²) in [5.74, 6) is 0.0726. The summed E-state index contributed by atoms with van der Waals surface area (Å²) < 4.78 is 5.48. The highest BCUT2D eigenvalue weighted by Crippen LogP contribution is 2.31. The molecular weight excluding hydrogens is 352 g/mol. The standard InChI is InChI=1S/C22H28N4O2/c1-24-9-10-26(21(16-24)17-5-3-2-4-6-17)22(27)19-8-7-18(23)15-20(19)25-11-13-28-14-12-25/h2-8,15,21H,9-14,16,23H2,1H3. The van der Waals surface area contributed by atoms with Crippen molar-refractivity contribution in [3.63, 3.8) is 0 Å². The lowest BCUT2D eigenvalue weighted by atomic mass is 10.0. The fourth-order valence-electron chi connectivity index (χ4n) is 4.07. The summed E-state index contributed by atoms with van der Waals surface area (Å²) in [6.45, 7) is 5.30. The maximum Gasteiger partial charge on any atom is 0.256 e. The van der Waals surface area contributed by atoms with Gasteiger partial charge in [-0.1, -0.05) is 30.3 Å². The van der Waals surface area contributed by atoms with Gasteiger partial charge in [-0.2, -0.15) is 0 Å². The lowest BCUT2D eigenvalue weighted by Crippen LogP contribution is -2.49. The Balaban J connectivity index is 1.67. The van der Waals surface area contributed by atoms with E-state index < -0.39 is 0 Å². The Kier molecular flexibility index (Phi) is 5.50. The molecule has 0 aliphatic carbocycles. The van der Waals surface area contributed by atoms with Crippen LogP contribution in [0.2, 0.25) is 0 Å². The van der Waals surface area contributed by atoms with Crippen molar-refractivity contribution in [3.05, 3.63) is 59.7 Å². The second kappa shape index (κ2) is 8.20. The van der Waals surface area contributed by atoms with E-state index in [1.807, 2.05) is 41.3 Å². The first-order chi connectivity index (χ1) is 13.6. The Labute approximate surface area is 166 Å². The van der Waals surface area contributed by atoms with Crippen LogP contribution in [0.5, 0.6) is 0 Å². The number of anilines is 2. The lowest BCUT2D eigenvalue weighted by Gasteiger charge is -2.41. The number of piperazine rings is 1. The van der Waals surface area contributed by atoms with E-state index in [0.717, 1.165) is 37.4 Å². The van der Waals surface area contributed by atoms with Crippen LogP contribution < -0.4 is 10.6 Å². The molecule has 1 unspecified atom stereocenters. The molecule has 1 amide bonds. The van der Waals surface area contributed by atoms with Gasteiger partial charge in [0.05, 0.1) is 30.5 Å². The predicted molar refractivity (Wildman–Crippen MR) is 112 cm³/mol. The monoisotopic (exact) mass is 380 g/mol. The summed E-state index contributed by atoms with van der Waals surface area (Å²) >= 11 is 0. The maximum atomic E-state index is 13.7. The van der Waals surface area contributed by atoms with Crippen LogP contribution in [0.1, 0.15) is 22.0 Å². The van der Waals surface area contributed by atoms with Gasteiger partial charge in [-0.05, 0) is 30.8 Å². The molecule has 2 aliphatic rings. The van der Waals surface area contributed by atoms with Crippen molar-refractivity contribution in [2.75, 3.05) is 63.6 Å². The summed E-state index contributed by atoms with van der Waals surface area (Å²) in [7, 11) is 2.11. The molecule has 28 heavy (non-hydrogen) atoms. The largest absolute Gasteiger partial charge is 0.399 e. The Morgan fingerprint density at radius 1 is 1.04 bits per heavy atom. The molecule has 2 aromatic rings. The minimum absolute atomic E-state index is 0.0440. The third kappa shape index (κ3) is 3.84. The third-order valence-corrected chi connectivity index (χ3v) is 5.63. The number of carbonyl (C=O) groups is 1. The van der Waals surface area contributed by atoms with Gasteiger partial charge in [-0.15, -0.1) is 0 Å². The molecule has 2 fully saturated rings. The van der Waals surface area contributed by atoms with Gasteiger partial charge < -0.3 is 25.2 Å². The van der Waals surface area contributed by atoms with E-state index in [2.05, 4.69) is 29.0 Å². The molecule has 0 aromatic heterocycles. The second-order valence-electron chi connectivity index (χ2n) is 7.56. The Morgan fingerprint density at radius 2 is 1.79 bits per heavy atom. The van der Waals surface area contributed by atoms with Crippen molar-refractivity contribution < 1.29 is 9.53 Å². The summed E-state index contributed by atoms with van der Waals surface area (Å²) in [5, 5.41) is 0. The van der Waals surface area contributed by atoms with Crippen molar-refractivity contribution in [1.29, 1.82) is 0 Å². The number of nitrogen functional groups attached to an aromatic ring is 1. The number of ether oxygens (including phenoxy) is 1. The van der Waals surface area contributed by atoms with Crippen LogP contribution in [-0.2, 0) is 4.74 Å². The fraction of sp³-hybridized carbons (Fsp3) is 0.409. The van der Waals surface area contributed by atoms with Crippen LogP contribution in [0.15, 0.2) is 48.5 Å². The maximum absolute atomic E-state index is 13.7. The van der Waals surface area contributed by atoms with Gasteiger partial charge in [0, 0.05) is 38.4 Å². The first-order valence-electron chi connectivity index (χ1n) is 9.90. The van der Waals surface area contributed by atoms with Gasteiger partial charge in [0.15, 0.2) is 0 Å². The number of amides is 1. The molecule has 2 aliphatic heterocycles. The molecule has 6 heteroatoms. The van der Waals surface area contributed by atoms with E-state index in [0.29, 0.717) is 25.4 Å². The molecule has 2 heterocycles. The van der Waals surface area contributed by atoms with Crippen molar-refractivity contribution in [2.24, 2.45) is 0 Å². The second-order valence-corrected chi connectivity index (χ2v) is 7.56. The Bertz CT molecular complexity index is 821. The Hall–Kier alpha value is -2.57. The predicted octanol–water partition coefficient (Wildman–Crippen LogP) is 2.23. The van der Waals surface area contributed by atoms with Crippen LogP contribution in [0.3, 0.4) is 0 Å². The average molecular weight is 380 g/mol. The third-order valence-electron chi connectivity index (χ3n) is 5.63. The van der Waals surface area contributed by atoms with Gasteiger partial charge in [-0.3, -0.25) is 4.79 Å². The number of carbonyl (C=O) groups excluding carboxylic acids is 1. The number of rotatable bonds is 3. The molecular formula is C22H28N4O2. The quantitative estimate of drug-likeness (QED) is 0.828. The molecule has 4 rings (SSSR count). The van der Waals surface area contributed by atoms with E-state index in [-0.39, 0.29) is 11.9 Å². The summed E-state index contributed by atoms with van der Waals surface area (Å²) in [6.07, 6.45) is 0. The smallest absolute Gasteiger partial charge is 0.256 e. The first-order valence-corrected chi connectivity index (χ1v) is 9.90. The van der Waals surface area contributed by atoms with Crippen molar-refractivity contribution in [1.82, 2.24) is 9.80 Å². The van der Waals surface area contributed by atoms with Crippen LogP contribution in [0.25, 0.3) is 0 Å². The number of hydrogen-bond acceptors (Lipinski definition) is 5. The molecule has 2 aromatic carbocycles. The minimum Gasteiger partial charge on any atom is -0.399 e. The average Bonchev–Trinajstić information content (AvgIpc) is 2.74. The molecule has 0 saturated carbocycles. The van der Waals surface area contributed by atoms with Gasteiger partial charge in [0.2, 0.25) is 0 Å². The number of benzene rings is 2. The molecule has 1 atom stereocenters. The van der Waals surface area contributed by atoms with Crippen molar-refractivity contribution in [3.8, 4) is 0 Å². The summed E-state index contributed by atoms with van der Waals surface area (Å²) in [5.41, 5.74) is 9.55. The minimum atomic E-state index is 0.0440. The number of hydrogen-bond donors (Lipinski definition) is 1. The van der Waals surface area contributed by atoms with Crippen molar-refractivity contribution >= 4 is 17.3 Å². The van der Waals surface area contributed by atoms with E-state index in [9.17, 15) is 4.79 Å². The lowest BCUT2D eigenvalue weighted by molar-refractivity contribution is 0.0498. The van der Waals surface area contributed by atoms with Crippen LogP contribution in [-0.4, -0.2) is 68.7 Å². The first kappa shape index (κ1) is 18.8. The summed E-state index contributed by atoms with van der Waals surface area (Å²) in [4.78, 5) is 20.2. The summed E-state index contributed by atoms with van der Waals surface area (Å²) in [6, 6.07) is 16.0. The van der Waals surface area contributed by atoms with Gasteiger partial charge >= 0.3 is 0 Å². The molecule has 0 bridgehead atoms. The Morgan fingerprint density at radius 3 is 2.54 bits per heavy atom. The van der Waals surface area contributed by atoms with E-state index in [1.165, 1.54) is 5.56 Å². The highest BCUT2D eigenvalue weighted by molar-refractivity contribution is 6.00. The highest BCUT2D eigenvalue weighted by Gasteiger charge is 2.32. The topological polar surface area (TPSA) is 62.0 Å². The van der Waals surface area contributed by atoms with Crippen LogP contribution in [0, 0.1) is 0 Å². The normalized spacial score (nSPS) is 21.0. The molecule has 0 spiro atoms. The fourth-order valence-corrected chi connectivity index (χ4v) is 4.07. The number of nitrogens with zero attached hydrogens (tertiary/aromatic N) is 3. The van der Waals surface area contributed by atoms with Crippen LogP contribution in [0.4, 0.5) is 11.4 Å². The van der Waals surface area contributed by atoms with Gasteiger partial charge in [-0.25, -0.2) is 0 Å². The van der Waals surface area contributed by atoms with E-state index in [4.69, 9.17) is 10.5 Å². The van der Waals surface area contributed by atoms with Crippen molar-refractivity contribution in [2.45, 2.75) is 6.04 Å². The molecule has 148 valence electrons. The molecule has 0 radical (unpaired) electrons. The highest BCUT2D eigenvalue weighted by atomic mass is 16.5. The van der Waals surface area contributed by atoms with E-state index >= 15 is 0 Å². The zero-order valence-electron chi connectivity index (χ0n) is 16.4. The zero-order valence-corrected chi connectivity index (χ0v) is 16.4. The van der Waals surface area contributed by atoms with E-state index in [1.54, 1.807) is 0 Å². The number of nitrogens with two attached hydrogens (primary N) is 1.